The zero-order chi connectivity index (χ0) is 22.2. The van der Waals surface area contributed by atoms with E-state index in [0.29, 0.717) is 5.69 Å². The van der Waals surface area contributed by atoms with Crippen LogP contribution in [0.15, 0.2) is 59.2 Å². The summed E-state index contributed by atoms with van der Waals surface area (Å²) in [6.07, 6.45) is 4.00. The fourth-order valence-corrected chi connectivity index (χ4v) is 3.85. The van der Waals surface area contributed by atoms with Crippen molar-refractivity contribution < 1.29 is 33.4 Å². The number of fused-ring (bicyclic) bond motifs is 2. The number of rotatable bonds is 5. The van der Waals surface area contributed by atoms with Gasteiger partial charge in [-0.3, -0.25) is 30.0 Å². The number of hydrogen-bond donors (Lipinski definition) is 4. The van der Waals surface area contributed by atoms with Crippen molar-refractivity contribution in [2.24, 2.45) is 11.8 Å². The lowest BCUT2D eigenvalue weighted by molar-refractivity contribution is -0.147. The Labute approximate surface area is 176 Å². The number of aliphatic carboxylic acids is 1. The molecule has 0 spiro atoms. The Bertz CT molecular complexity index is 1060. The van der Waals surface area contributed by atoms with Crippen LogP contribution in [0.4, 0.5) is 5.69 Å². The number of hydrogen-bond acceptors (Lipinski definition) is 6. The number of ether oxygens (including phenoxy) is 1. The van der Waals surface area contributed by atoms with Crippen LogP contribution in [-0.2, 0) is 14.3 Å². The smallest absolute Gasteiger partial charge is 0.310 e. The van der Waals surface area contributed by atoms with E-state index in [4.69, 9.17) is 9.15 Å². The van der Waals surface area contributed by atoms with Gasteiger partial charge in [0, 0.05) is 11.3 Å². The van der Waals surface area contributed by atoms with Gasteiger partial charge in [-0.05, 0) is 43.3 Å². The fraction of sp³-hybridized carbons (Fsp3) is 0.238. The van der Waals surface area contributed by atoms with Gasteiger partial charge in [0.15, 0.2) is 5.76 Å². The average Bonchev–Trinajstić information content (AvgIpc) is 3.46. The number of carbonyl (C=O) groups is 4. The second kappa shape index (κ2) is 7.73. The quantitative estimate of drug-likeness (QED) is 0.417. The van der Waals surface area contributed by atoms with Crippen LogP contribution in [0.3, 0.4) is 0 Å². The van der Waals surface area contributed by atoms with E-state index in [1.807, 2.05) is 0 Å². The first-order valence-electron chi connectivity index (χ1n) is 9.43. The number of amides is 3. The second-order valence-corrected chi connectivity index (χ2v) is 7.42. The Balaban J connectivity index is 1.35. The van der Waals surface area contributed by atoms with Crippen LogP contribution in [0.1, 0.15) is 27.8 Å². The van der Waals surface area contributed by atoms with Crippen molar-refractivity contribution in [1.29, 1.82) is 0 Å². The molecule has 4 N–H and O–H groups in total. The summed E-state index contributed by atoms with van der Waals surface area (Å²) in [4.78, 5) is 48.5. The van der Waals surface area contributed by atoms with Crippen LogP contribution in [-0.4, -0.2) is 40.5 Å². The highest BCUT2D eigenvalue weighted by atomic mass is 16.5. The molecule has 4 unspecified atom stereocenters. The fourth-order valence-electron chi connectivity index (χ4n) is 3.85. The molecule has 1 aromatic carbocycles. The first-order valence-corrected chi connectivity index (χ1v) is 9.43. The zero-order valence-corrected chi connectivity index (χ0v) is 16.3. The predicted octanol–water partition coefficient (Wildman–Crippen LogP) is 1.34. The maximum absolute atomic E-state index is 12.6. The van der Waals surface area contributed by atoms with Gasteiger partial charge in [-0.25, -0.2) is 0 Å². The molecule has 2 aliphatic rings. The van der Waals surface area contributed by atoms with E-state index >= 15 is 0 Å². The zero-order valence-electron chi connectivity index (χ0n) is 16.3. The van der Waals surface area contributed by atoms with E-state index < -0.39 is 47.2 Å². The van der Waals surface area contributed by atoms with Crippen LogP contribution in [0.2, 0.25) is 0 Å². The summed E-state index contributed by atoms with van der Waals surface area (Å²) in [7, 11) is 0. The molecule has 2 aromatic rings. The van der Waals surface area contributed by atoms with Crippen molar-refractivity contribution in [3.05, 3.63) is 66.1 Å². The Morgan fingerprint density at radius 2 is 1.77 bits per heavy atom. The minimum absolute atomic E-state index is 0.150. The van der Waals surface area contributed by atoms with Gasteiger partial charge in [0.1, 0.15) is 5.92 Å². The molecule has 2 bridgehead atoms. The molecule has 1 fully saturated rings. The molecule has 4 atom stereocenters. The van der Waals surface area contributed by atoms with Gasteiger partial charge in [-0.15, -0.1) is 0 Å². The number of nitrogens with one attached hydrogen (secondary N) is 3. The van der Waals surface area contributed by atoms with Crippen LogP contribution in [0.25, 0.3) is 0 Å². The molecule has 10 nitrogen and oxygen atoms in total. The molecule has 10 heteroatoms. The molecule has 3 amide bonds. The van der Waals surface area contributed by atoms with Gasteiger partial charge in [0.25, 0.3) is 11.8 Å². The summed E-state index contributed by atoms with van der Waals surface area (Å²) in [5.41, 5.74) is 4.19. The number of carbonyl (C=O) groups excluding carboxylic acids is 3. The third-order valence-electron chi connectivity index (χ3n) is 5.35. The average molecular weight is 425 g/mol. The lowest BCUT2D eigenvalue weighted by Crippen LogP contribution is -2.52. The number of benzene rings is 1. The summed E-state index contributed by atoms with van der Waals surface area (Å²) >= 11 is 0. The third-order valence-corrected chi connectivity index (χ3v) is 5.35. The molecule has 0 saturated carbocycles. The first-order chi connectivity index (χ1) is 14.8. The first kappa shape index (κ1) is 20.4. The molecule has 160 valence electrons. The van der Waals surface area contributed by atoms with Gasteiger partial charge in [-0.2, -0.15) is 0 Å². The van der Waals surface area contributed by atoms with Crippen LogP contribution in [0.5, 0.6) is 0 Å². The molecule has 3 heterocycles. The standard InChI is InChI=1S/C21H19N3O7/c1-21-9-8-13(31-21)15(20(28)29)16(21)19(27)24-23-17(25)11-4-6-12(7-5-11)22-18(26)14-3-2-10-30-14/h2-10,13,15-16H,1H3,(H,22,26)(H,23,25)(H,24,27)(H,28,29). The number of carboxylic acids is 1. The van der Waals surface area contributed by atoms with Crippen molar-refractivity contribution in [3.63, 3.8) is 0 Å². The maximum atomic E-state index is 12.6. The van der Waals surface area contributed by atoms with Gasteiger partial charge in [0.2, 0.25) is 5.91 Å². The molecule has 1 saturated heterocycles. The van der Waals surface area contributed by atoms with Crippen LogP contribution >= 0.6 is 0 Å². The summed E-state index contributed by atoms with van der Waals surface area (Å²) < 4.78 is 10.6. The van der Waals surface area contributed by atoms with E-state index in [1.54, 1.807) is 25.1 Å². The Hall–Kier alpha value is -3.92. The summed E-state index contributed by atoms with van der Waals surface area (Å²) in [6, 6.07) is 9.08. The highest BCUT2D eigenvalue weighted by Crippen LogP contribution is 2.46. The van der Waals surface area contributed by atoms with Crippen molar-refractivity contribution in [1.82, 2.24) is 10.9 Å². The second-order valence-electron chi connectivity index (χ2n) is 7.42. The van der Waals surface area contributed by atoms with Gasteiger partial charge in [0.05, 0.1) is 23.9 Å². The molecular formula is C21H19N3O7. The lowest BCUT2D eigenvalue weighted by Gasteiger charge is -2.27. The molecule has 1 aromatic heterocycles. The van der Waals surface area contributed by atoms with E-state index in [9.17, 15) is 24.3 Å². The highest BCUT2D eigenvalue weighted by molar-refractivity contribution is 6.02. The third kappa shape index (κ3) is 3.80. The maximum Gasteiger partial charge on any atom is 0.310 e. The minimum atomic E-state index is -1.14. The van der Waals surface area contributed by atoms with Gasteiger partial charge in [-0.1, -0.05) is 12.2 Å². The number of anilines is 1. The topological polar surface area (TPSA) is 147 Å². The predicted molar refractivity (Wildman–Crippen MR) is 106 cm³/mol. The molecule has 31 heavy (non-hydrogen) atoms. The molecule has 2 aliphatic heterocycles. The van der Waals surface area contributed by atoms with Crippen molar-refractivity contribution >= 4 is 29.4 Å². The van der Waals surface area contributed by atoms with E-state index in [1.165, 1.54) is 36.6 Å². The highest BCUT2D eigenvalue weighted by Gasteiger charge is 2.59. The van der Waals surface area contributed by atoms with E-state index in [-0.39, 0.29) is 11.3 Å². The Kier molecular flexibility index (Phi) is 5.07. The monoisotopic (exact) mass is 425 g/mol. The summed E-state index contributed by atoms with van der Waals surface area (Å²) in [5.74, 6) is -4.71. The van der Waals surface area contributed by atoms with Crippen molar-refractivity contribution in [2.45, 2.75) is 18.6 Å². The van der Waals surface area contributed by atoms with Crippen LogP contribution in [0, 0.1) is 11.8 Å². The Morgan fingerprint density at radius 3 is 2.42 bits per heavy atom. The van der Waals surface area contributed by atoms with Crippen molar-refractivity contribution in [2.75, 3.05) is 5.32 Å². The summed E-state index contributed by atoms with van der Waals surface area (Å²) in [5, 5.41) is 12.1. The van der Waals surface area contributed by atoms with E-state index in [0.717, 1.165) is 0 Å². The Morgan fingerprint density at radius 1 is 1.03 bits per heavy atom. The number of furan rings is 1. The number of hydrazine groups is 1. The van der Waals surface area contributed by atoms with E-state index in [2.05, 4.69) is 16.2 Å². The van der Waals surface area contributed by atoms with Crippen molar-refractivity contribution in [3.8, 4) is 0 Å². The largest absolute Gasteiger partial charge is 0.481 e. The molecule has 0 radical (unpaired) electrons. The normalized spacial score (nSPS) is 25.8. The minimum Gasteiger partial charge on any atom is -0.481 e. The molecule has 4 rings (SSSR count). The SMILES string of the molecule is CC12C=CC(O1)C(C(=O)O)C2C(=O)NNC(=O)c1ccc(NC(=O)c2ccco2)cc1. The van der Waals surface area contributed by atoms with Gasteiger partial charge < -0.3 is 19.6 Å². The van der Waals surface area contributed by atoms with Crippen LogP contribution < -0.4 is 16.2 Å². The molecular weight excluding hydrogens is 406 g/mol. The number of carboxylic acid groups (broad SMARTS) is 1. The summed E-state index contributed by atoms with van der Waals surface area (Å²) in [6.45, 7) is 1.63. The van der Waals surface area contributed by atoms with Gasteiger partial charge >= 0.3 is 5.97 Å². The molecule has 0 aliphatic carbocycles. The lowest BCUT2D eigenvalue weighted by atomic mass is 9.76.